The molecule has 2 amide bonds. The number of nitrogens with one attached hydrogen (secondary N) is 1. The van der Waals surface area contributed by atoms with E-state index in [1.54, 1.807) is 32.2 Å². The van der Waals surface area contributed by atoms with Crippen LogP contribution in [0.3, 0.4) is 0 Å². The number of amides is 2. The van der Waals surface area contributed by atoms with Crippen molar-refractivity contribution >= 4 is 27.7 Å². The van der Waals surface area contributed by atoms with Gasteiger partial charge < -0.3 is 19.7 Å². The highest BCUT2D eigenvalue weighted by Gasteiger charge is 2.28. The molecule has 1 atom stereocenters. The zero-order chi connectivity index (χ0) is 22.3. The normalized spacial score (nSPS) is 12.1. The van der Waals surface area contributed by atoms with Crippen molar-refractivity contribution in [2.24, 2.45) is 0 Å². The van der Waals surface area contributed by atoms with E-state index in [2.05, 4.69) is 21.2 Å². The number of hydrogen-bond donors (Lipinski definition) is 1. The molecule has 6 nitrogen and oxygen atoms in total. The van der Waals surface area contributed by atoms with Crippen LogP contribution >= 0.6 is 15.9 Å². The van der Waals surface area contributed by atoms with Crippen molar-refractivity contribution in [3.63, 3.8) is 0 Å². The fraction of sp³-hybridized carbons (Fsp3) is 0.391. The van der Waals surface area contributed by atoms with Gasteiger partial charge in [-0.25, -0.2) is 0 Å². The summed E-state index contributed by atoms with van der Waals surface area (Å²) in [4.78, 5) is 27.3. The van der Waals surface area contributed by atoms with Crippen LogP contribution in [0.4, 0.5) is 0 Å². The SMILES string of the molecule is COc1ccccc1OCC(=O)N(Cc1ccc(Br)cc1)[C@H](C)C(=O)NC(C)(C)C. The molecule has 30 heavy (non-hydrogen) atoms. The van der Waals surface area contributed by atoms with Gasteiger partial charge in [0, 0.05) is 16.6 Å². The average Bonchev–Trinajstić information content (AvgIpc) is 2.70. The van der Waals surface area contributed by atoms with E-state index in [0.29, 0.717) is 18.0 Å². The van der Waals surface area contributed by atoms with Gasteiger partial charge in [0.15, 0.2) is 18.1 Å². The van der Waals surface area contributed by atoms with Crippen LogP contribution in [0.25, 0.3) is 0 Å². The summed E-state index contributed by atoms with van der Waals surface area (Å²) in [5, 5.41) is 2.94. The second kappa shape index (κ2) is 10.5. The third-order valence-corrected chi connectivity index (χ3v) is 4.88. The van der Waals surface area contributed by atoms with Crippen molar-refractivity contribution in [2.45, 2.75) is 45.8 Å². The fourth-order valence-corrected chi connectivity index (χ4v) is 3.07. The van der Waals surface area contributed by atoms with Crippen molar-refractivity contribution in [3.8, 4) is 11.5 Å². The van der Waals surface area contributed by atoms with Crippen LogP contribution in [0.2, 0.25) is 0 Å². The molecule has 162 valence electrons. The largest absolute Gasteiger partial charge is 0.493 e. The van der Waals surface area contributed by atoms with E-state index in [4.69, 9.17) is 9.47 Å². The Hall–Kier alpha value is -2.54. The van der Waals surface area contributed by atoms with E-state index in [1.165, 1.54) is 4.90 Å². The molecule has 0 saturated carbocycles. The molecule has 0 aromatic heterocycles. The van der Waals surface area contributed by atoms with Gasteiger partial charge in [-0.05, 0) is 57.5 Å². The lowest BCUT2D eigenvalue weighted by molar-refractivity contribution is -0.142. The van der Waals surface area contributed by atoms with Gasteiger partial charge in [-0.3, -0.25) is 9.59 Å². The molecular weight excluding hydrogens is 448 g/mol. The first kappa shape index (κ1) is 23.7. The number of methoxy groups -OCH3 is 1. The predicted molar refractivity (Wildman–Crippen MR) is 121 cm³/mol. The molecule has 0 spiro atoms. The number of hydrogen-bond acceptors (Lipinski definition) is 4. The van der Waals surface area contributed by atoms with Crippen molar-refractivity contribution in [1.82, 2.24) is 10.2 Å². The molecule has 7 heteroatoms. The number of carbonyl (C=O) groups excluding carboxylic acids is 2. The number of rotatable bonds is 8. The minimum absolute atomic E-state index is 0.204. The summed E-state index contributed by atoms with van der Waals surface area (Å²) in [5.74, 6) is 0.512. The van der Waals surface area contributed by atoms with Crippen molar-refractivity contribution in [3.05, 3.63) is 58.6 Å². The highest BCUT2D eigenvalue weighted by Crippen LogP contribution is 2.26. The zero-order valence-corrected chi connectivity index (χ0v) is 19.7. The van der Waals surface area contributed by atoms with E-state index < -0.39 is 11.6 Å². The maximum absolute atomic E-state index is 13.1. The van der Waals surface area contributed by atoms with Gasteiger partial charge in [0.1, 0.15) is 6.04 Å². The van der Waals surface area contributed by atoms with E-state index in [-0.39, 0.29) is 18.4 Å². The Morgan fingerprint density at radius 1 is 1.07 bits per heavy atom. The topological polar surface area (TPSA) is 67.9 Å². The molecule has 2 aromatic rings. The van der Waals surface area contributed by atoms with Crippen LogP contribution in [-0.4, -0.2) is 42.0 Å². The van der Waals surface area contributed by atoms with Crippen LogP contribution in [-0.2, 0) is 16.1 Å². The number of carbonyl (C=O) groups is 2. The zero-order valence-electron chi connectivity index (χ0n) is 18.1. The number of nitrogens with zero attached hydrogens (tertiary/aromatic N) is 1. The van der Waals surface area contributed by atoms with Gasteiger partial charge in [-0.1, -0.05) is 40.2 Å². The number of benzene rings is 2. The molecule has 0 saturated heterocycles. The first-order valence-corrected chi connectivity index (χ1v) is 10.5. The first-order chi connectivity index (χ1) is 14.1. The molecule has 0 radical (unpaired) electrons. The van der Waals surface area contributed by atoms with Crippen molar-refractivity contribution in [2.75, 3.05) is 13.7 Å². The third-order valence-electron chi connectivity index (χ3n) is 4.35. The van der Waals surface area contributed by atoms with E-state index >= 15 is 0 Å². The summed E-state index contributed by atoms with van der Waals surface area (Å²) >= 11 is 3.41. The first-order valence-electron chi connectivity index (χ1n) is 9.72. The number of ether oxygens (including phenoxy) is 2. The fourth-order valence-electron chi connectivity index (χ4n) is 2.80. The van der Waals surface area contributed by atoms with E-state index in [1.807, 2.05) is 51.1 Å². The van der Waals surface area contributed by atoms with Gasteiger partial charge in [0.25, 0.3) is 5.91 Å². The Morgan fingerprint density at radius 3 is 2.23 bits per heavy atom. The molecule has 1 N–H and O–H groups in total. The molecule has 0 fully saturated rings. The lowest BCUT2D eigenvalue weighted by Crippen LogP contribution is -2.53. The Labute approximate surface area is 186 Å². The van der Waals surface area contributed by atoms with Gasteiger partial charge in [-0.2, -0.15) is 0 Å². The molecule has 2 rings (SSSR count). The van der Waals surface area contributed by atoms with Gasteiger partial charge in [0.2, 0.25) is 5.91 Å². The predicted octanol–water partition coefficient (Wildman–Crippen LogP) is 4.17. The molecule has 0 aliphatic rings. The standard InChI is InChI=1S/C23H29BrN2O4/c1-16(22(28)25-23(2,3)4)26(14-17-10-12-18(24)13-11-17)21(27)15-30-20-9-7-6-8-19(20)29-5/h6-13,16H,14-15H2,1-5H3,(H,25,28)/t16-/m1/s1. The van der Waals surface area contributed by atoms with Crippen molar-refractivity contribution < 1.29 is 19.1 Å². The Balaban J connectivity index is 2.19. The van der Waals surface area contributed by atoms with Crippen LogP contribution in [0, 0.1) is 0 Å². The molecule has 0 heterocycles. The highest BCUT2D eigenvalue weighted by atomic mass is 79.9. The Morgan fingerprint density at radius 2 is 1.67 bits per heavy atom. The maximum atomic E-state index is 13.1. The third kappa shape index (κ3) is 7.06. The maximum Gasteiger partial charge on any atom is 0.261 e. The van der Waals surface area contributed by atoms with Crippen LogP contribution in [0.15, 0.2) is 53.0 Å². The molecule has 0 bridgehead atoms. The lowest BCUT2D eigenvalue weighted by atomic mass is 10.1. The van der Waals surface area contributed by atoms with Crippen LogP contribution < -0.4 is 14.8 Å². The lowest BCUT2D eigenvalue weighted by Gasteiger charge is -2.31. The van der Waals surface area contributed by atoms with Gasteiger partial charge in [-0.15, -0.1) is 0 Å². The second-order valence-electron chi connectivity index (χ2n) is 8.00. The second-order valence-corrected chi connectivity index (χ2v) is 8.92. The molecule has 0 unspecified atom stereocenters. The molecule has 0 aliphatic heterocycles. The number of para-hydroxylation sites is 2. The summed E-state index contributed by atoms with van der Waals surface area (Å²) in [6.45, 7) is 7.53. The monoisotopic (exact) mass is 476 g/mol. The van der Waals surface area contributed by atoms with Crippen LogP contribution in [0.1, 0.15) is 33.3 Å². The van der Waals surface area contributed by atoms with E-state index in [9.17, 15) is 9.59 Å². The number of halogens is 1. The summed E-state index contributed by atoms with van der Waals surface area (Å²) in [6, 6.07) is 14.1. The van der Waals surface area contributed by atoms with E-state index in [0.717, 1.165) is 10.0 Å². The summed E-state index contributed by atoms with van der Waals surface area (Å²) < 4.78 is 11.9. The summed E-state index contributed by atoms with van der Waals surface area (Å²) in [6.07, 6.45) is 0. The Kier molecular flexibility index (Phi) is 8.29. The van der Waals surface area contributed by atoms with Crippen LogP contribution in [0.5, 0.6) is 11.5 Å². The summed E-state index contributed by atoms with van der Waals surface area (Å²) in [7, 11) is 1.54. The quantitative estimate of drug-likeness (QED) is 0.620. The molecule has 2 aromatic carbocycles. The molecule has 0 aliphatic carbocycles. The van der Waals surface area contributed by atoms with Gasteiger partial charge >= 0.3 is 0 Å². The highest BCUT2D eigenvalue weighted by molar-refractivity contribution is 9.10. The molecular formula is C23H29BrN2O4. The smallest absolute Gasteiger partial charge is 0.261 e. The minimum atomic E-state index is -0.665. The summed E-state index contributed by atoms with van der Waals surface area (Å²) in [5.41, 5.74) is 0.519. The average molecular weight is 477 g/mol. The minimum Gasteiger partial charge on any atom is -0.493 e. The van der Waals surface area contributed by atoms with Crippen molar-refractivity contribution in [1.29, 1.82) is 0 Å². The Bertz CT molecular complexity index is 862. The van der Waals surface area contributed by atoms with Gasteiger partial charge in [0.05, 0.1) is 7.11 Å².